The molecule has 4 rings (SSSR count). The Balaban J connectivity index is 1.60. The number of carbonyl (C=O) groups excluding carboxylic acids is 2. The lowest BCUT2D eigenvalue weighted by molar-refractivity contribution is -0.147. The zero-order valence-electron chi connectivity index (χ0n) is 17.7. The van der Waals surface area contributed by atoms with Gasteiger partial charge in [0, 0.05) is 30.6 Å². The van der Waals surface area contributed by atoms with E-state index in [0.717, 1.165) is 24.4 Å². The predicted molar refractivity (Wildman–Crippen MR) is 116 cm³/mol. The van der Waals surface area contributed by atoms with Gasteiger partial charge in [-0.15, -0.1) is 0 Å². The lowest BCUT2D eigenvalue weighted by Gasteiger charge is -2.18. The molecule has 2 aromatic heterocycles. The molecular weight excluding hydrogens is 475 g/mol. The number of rotatable bonds is 8. The smallest absolute Gasteiger partial charge is 0.348 e. The molecule has 1 fully saturated rings. The van der Waals surface area contributed by atoms with Gasteiger partial charge >= 0.3 is 12.1 Å². The number of benzene rings is 1. The molecule has 34 heavy (non-hydrogen) atoms. The molecule has 1 aromatic carbocycles. The Bertz CT molecular complexity index is 1200. The molecule has 1 aliphatic carbocycles. The van der Waals surface area contributed by atoms with E-state index in [1.807, 2.05) is 0 Å². The molecule has 3 aromatic rings. The second-order valence-electron chi connectivity index (χ2n) is 8.15. The average molecular weight is 494 g/mol. The zero-order valence-corrected chi connectivity index (χ0v) is 18.5. The monoisotopic (exact) mass is 494 g/mol. The summed E-state index contributed by atoms with van der Waals surface area (Å²) in [6, 6.07) is 7.35. The normalized spacial score (nSPS) is 14.1. The van der Waals surface area contributed by atoms with E-state index in [9.17, 15) is 31.5 Å². The maximum Gasteiger partial charge on any atom is 0.433 e. The maximum absolute atomic E-state index is 14.8. The Morgan fingerprint density at radius 3 is 2.44 bits per heavy atom. The molecule has 0 bridgehead atoms. The fourth-order valence-corrected chi connectivity index (χ4v) is 4.17. The van der Waals surface area contributed by atoms with Crippen LogP contribution in [0.2, 0.25) is 0 Å². The molecule has 178 valence electrons. The third kappa shape index (κ3) is 5.49. The maximum atomic E-state index is 14.8. The SMILES string of the molecule is O=C(Cc1ccnc(C(F)(F)F)c1)Cc1cc(C(F)(F)C(=O)NC2CC2)ccc1-c1ccsc1. The Labute approximate surface area is 195 Å². The fraction of sp³-hybridized carbons (Fsp3) is 0.292. The van der Waals surface area contributed by atoms with E-state index in [0.29, 0.717) is 24.0 Å². The first-order chi connectivity index (χ1) is 16.0. The number of hydrogen-bond donors (Lipinski definition) is 1. The van der Waals surface area contributed by atoms with Crippen LogP contribution in [-0.2, 0) is 34.5 Å². The topological polar surface area (TPSA) is 59.1 Å². The second-order valence-corrected chi connectivity index (χ2v) is 8.93. The molecule has 0 atom stereocenters. The molecular formula is C24H19F5N2O2S. The lowest BCUT2D eigenvalue weighted by Crippen LogP contribution is -2.39. The summed E-state index contributed by atoms with van der Waals surface area (Å²) in [5, 5.41) is 5.88. The number of alkyl halides is 5. The highest BCUT2D eigenvalue weighted by atomic mass is 32.1. The van der Waals surface area contributed by atoms with Gasteiger partial charge in [-0.05, 0) is 70.1 Å². The number of nitrogens with zero attached hydrogens (tertiary/aromatic N) is 1. The summed E-state index contributed by atoms with van der Waals surface area (Å²) >= 11 is 1.39. The van der Waals surface area contributed by atoms with E-state index in [1.165, 1.54) is 23.5 Å². The molecule has 1 aliphatic rings. The van der Waals surface area contributed by atoms with E-state index in [4.69, 9.17) is 0 Å². The number of nitrogens with one attached hydrogen (secondary N) is 1. The van der Waals surface area contributed by atoms with Crippen molar-refractivity contribution >= 4 is 23.0 Å². The summed E-state index contributed by atoms with van der Waals surface area (Å²) in [7, 11) is 0. The summed E-state index contributed by atoms with van der Waals surface area (Å²) < 4.78 is 68.4. The van der Waals surface area contributed by atoms with E-state index in [2.05, 4.69) is 10.3 Å². The first-order valence-electron chi connectivity index (χ1n) is 10.4. The van der Waals surface area contributed by atoms with Crippen molar-refractivity contribution in [1.82, 2.24) is 10.3 Å². The molecule has 4 nitrogen and oxygen atoms in total. The van der Waals surface area contributed by atoms with Crippen LogP contribution in [0.1, 0.15) is 35.2 Å². The van der Waals surface area contributed by atoms with Gasteiger partial charge in [-0.1, -0.05) is 12.1 Å². The first kappa shape index (κ1) is 24.0. The third-order valence-corrected chi connectivity index (χ3v) is 6.08. The van der Waals surface area contributed by atoms with E-state index < -0.39 is 35.0 Å². The zero-order chi connectivity index (χ0) is 24.5. The van der Waals surface area contributed by atoms with Gasteiger partial charge in [0.1, 0.15) is 11.5 Å². The molecule has 0 radical (unpaired) electrons. The molecule has 1 saturated carbocycles. The van der Waals surface area contributed by atoms with Crippen LogP contribution in [0.3, 0.4) is 0 Å². The van der Waals surface area contributed by atoms with Gasteiger partial charge in [-0.25, -0.2) is 0 Å². The van der Waals surface area contributed by atoms with Crippen molar-refractivity contribution < 1.29 is 31.5 Å². The number of pyridine rings is 1. The van der Waals surface area contributed by atoms with Gasteiger partial charge in [-0.2, -0.15) is 33.3 Å². The van der Waals surface area contributed by atoms with Gasteiger partial charge in [-0.3, -0.25) is 14.6 Å². The number of thiophene rings is 1. The highest BCUT2D eigenvalue weighted by Gasteiger charge is 2.43. The summed E-state index contributed by atoms with van der Waals surface area (Å²) in [5.41, 5.74) is -0.00814. The largest absolute Gasteiger partial charge is 0.433 e. The number of carbonyl (C=O) groups is 2. The summed E-state index contributed by atoms with van der Waals surface area (Å²) in [4.78, 5) is 28.1. The predicted octanol–water partition coefficient (Wildman–Crippen LogP) is 5.55. The lowest BCUT2D eigenvalue weighted by atomic mass is 9.92. The Morgan fingerprint density at radius 1 is 1.03 bits per heavy atom. The Hall–Kier alpha value is -3.14. The highest BCUT2D eigenvalue weighted by Crippen LogP contribution is 2.35. The summed E-state index contributed by atoms with van der Waals surface area (Å²) in [6.45, 7) is 0. The van der Waals surface area contributed by atoms with Crippen molar-refractivity contribution in [3.8, 4) is 11.1 Å². The standard InChI is InChI=1S/C24H19F5N2O2S/c25-23(26,22(33)31-18-2-3-18)17-1-4-20(15-6-8-34-13-15)16(11-17)12-19(32)9-14-5-7-30-21(10-14)24(27,28)29/h1,4-8,10-11,13,18H,2-3,9,12H2,(H,31,33). The Morgan fingerprint density at radius 2 is 1.79 bits per heavy atom. The number of amides is 1. The molecule has 0 unspecified atom stereocenters. The molecule has 1 N–H and O–H groups in total. The number of halogens is 5. The number of Topliss-reactive ketones (excluding diaryl/α,β-unsaturated/α-hetero) is 1. The van der Waals surface area contributed by atoms with Gasteiger partial charge < -0.3 is 5.32 Å². The molecule has 0 aliphatic heterocycles. The molecule has 1 amide bonds. The quantitative estimate of drug-likeness (QED) is 0.418. The number of aromatic nitrogens is 1. The minimum absolute atomic E-state index is 0.120. The van der Waals surface area contributed by atoms with E-state index in [-0.39, 0.29) is 30.0 Å². The average Bonchev–Trinajstić information content (AvgIpc) is 3.42. The van der Waals surface area contributed by atoms with E-state index >= 15 is 0 Å². The minimum Gasteiger partial charge on any atom is -0.348 e. The van der Waals surface area contributed by atoms with Gasteiger partial charge in [0.15, 0.2) is 0 Å². The van der Waals surface area contributed by atoms with Crippen molar-refractivity contribution in [3.05, 3.63) is 75.7 Å². The fourth-order valence-electron chi connectivity index (χ4n) is 3.51. The number of ketones is 1. The molecule has 10 heteroatoms. The van der Waals surface area contributed by atoms with Crippen molar-refractivity contribution in [2.24, 2.45) is 0 Å². The van der Waals surface area contributed by atoms with Gasteiger partial charge in [0.2, 0.25) is 0 Å². The van der Waals surface area contributed by atoms with Crippen LogP contribution in [0.15, 0.2) is 53.4 Å². The van der Waals surface area contributed by atoms with Crippen LogP contribution in [-0.4, -0.2) is 22.7 Å². The van der Waals surface area contributed by atoms with Crippen LogP contribution < -0.4 is 5.32 Å². The van der Waals surface area contributed by atoms with Crippen molar-refractivity contribution in [2.75, 3.05) is 0 Å². The van der Waals surface area contributed by atoms with Crippen LogP contribution in [0.25, 0.3) is 11.1 Å². The van der Waals surface area contributed by atoms with Crippen LogP contribution in [0.4, 0.5) is 22.0 Å². The van der Waals surface area contributed by atoms with Crippen molar-refractivity contribution in [1.29, 1.82) is 0 Å². The highest BCUT2D eigenvalue weighted by molar-refractivity contribution is 7.08. The number of hydrogen-bond acceptors (Lipinski definition) is 4. The van der Waals surface area contributed by atoms with Crippen LogP contribution >= 0.6 is 11.3 Å². The van der Waals surface area contributed by atoms with Crippen LogP contribution in [0.5, 0.6) is 0 Å². The van der Waals surface area contributed by atoms with Crippen LogP contribution in [0, 0.1) is 0 Å². The summed E-state index contributed by atoms with van der Waals surface area (Å²) in [6.07, 6.45) is -2.97. The Kier molecular flexibility index (Phi) is 6.53. The minimum atomic E-state index is -4.65. The molecule has 2 heterocycles. The molecule has 0 saturated heterocycles. The first-order valence-corrected chi connectivity index (χ1v) is 11.4. The summed E-state index contributed by atoms with van der Waals surface area (Å²) in [5.74, 6) is -5.65. The molecule has 0 spiro atoms. The third-order valence-electron chi connectivity index (χ3n) is 5.40. The van der Waals surface area contributed by atoms with Gasteiger partial charge in [0.05, 0.1) is 0 Å². The van der Waals surface area contributed by atoms with Crippen molar-refractivity contribution in [3.63, 3.8) is 0 Å². The van der Waals surface area contributed by atoms with Crippen molar-refractivity contribution in [2.45, 2.75) is 43.8 Å². The van der Waals surface area contributed by atoms with Gasteiger partial charge in [0.25, 0.3) is 5.91 Å². The van der Waals surface area contributed by atoms with E-state index in [1.54, 1.807) is 16.8 Å². The second kappa shape index (κ2) is 9.25.